The predicted molar refractivity (Wildman–Crippen MR) is 178 cm³/mol. The molecule has 11 heteroatoms. The Morgan fingerprint density at radius 2 is 1.70 bits per heavy atom. The Bertz CT molecular complexity index is 1400. The molecular formula is C33H44ClN7O3. The van der Waals surface area contributed by atoms with Gasteiger partial charge in [0.05, 0.1) is 30.2 Å². The van der Waals surface area contributed by atoms with Gasteiger partial charge in [0.2, 0.25) is 5.95 Å². The molecule has 44 heavy (non-hydrogen) atoms. The molecule has 236 valence electrons. The summed E-state index contributed by atoms with van der Waals surface area (Å²) in [6.07, 6.45) is 8.75. The number of aromatic nitrogens is 2. The summed E-state index contributed by atoms with van der Waals surface area (Å²) in [4.78, 5) is 37.6. The molecule has 2 heterocycles. The molecule has 0 atom stereocenters. The van der Waals surface area contributed by atoms with Gasteiger partial charge in [-0.25, -0.2) is 4.98 Å². The van der Waals surface area contributed by atoms with Crippen molar-refractivity contribution >= 4 is 52.1 Å². The first-order valence-corrected chi connectivity index (χ1v) is 15.8. The van der Waals surface area contributed by atoms with Crippen LogP contribution in [0.1, 0.15) is 62.2 Å². The number of piperazine rings is 1. The Kier molecular flexibility index (Phi) is 12.6. The third-order valence-electron chi connectivity index (χ3n) is 7.89. The molecule has 2 aromatic carbocycles. The summed E-state index contributed by atoms with van der Waals surface area (Å²) in [6.45, 7) is 7.06. The van der Waals surface area contributed by atoms with Gasteiger partial charge in [-0.05, 0) is 43.7 Å². The summed E-state index contributed by atoms with van der Waals surface area (Å²) >= 11 is 6.40. The van der Waals surface area contributed by atoms with E-state index in [2.05, 4.69) is 41.8 Å². The molecule has 3 aromatic rings. The van der Waals surface area contributed by atoms with Crippen molar-refractivity contribution in [3.63, 3.8) is 0 Å². The highest BCUT2D eigenvalue weighted by Crippen LogP contribution is 2.33. The molecule has 1 saturated heterocycles. The van der Waals surface area contributed by atoms with E-state index in [4.69, 9.17) is 16.3 Å². The van der Waals surface area contributed by atoms with Crippen LogP contribution in [-0.2, 0) is 4.79 Å². The number of benzene rings is 2. The summed E-state index contributed by atoms with van der Waals surface area (Å²) in [5.74, 6) is 1.56. The standard InChI is InChI=1S/C33H44ClN7O3/c1-4-25(42)12-8-6-5-7-11-17-40-18-20-41(21-19-40)24-15-16-29(30(22-24)44-3)38-33-36-23-27(34)31(39-33)37-28-14-10-9-13-26(28)32(43)35-2/h9-10,13-16,22-23H,4-8,11-12,17-21H2,1-3H3,(H,35,43)(H2,36,37,38,39). The van der Waals surface area contributed by atoms with Gasteiger partial charge in [-0.3, -0.25) is 14.5 Å². The van der Waals surface area contributed by atoms with E-state index in [1.54, 1.807) is 32.4 Å². The van der Waals surface area contributed by atoms with Gasteiger partial charge >= 0.3 is 0 Å². The molecular weight excluding hydrogens is 578 g/mol. The normalized spacial score (nSPS) is 13.4. The summed E-state index contributed by atoms with van der Waals surface area (Å²) in [6, 6.07) is 13.2. The van der Waals surface area contributed by atoms with Crippen molar-refractivity contribution in [1.29, 1.82) is 0 Å². The van der Waals surface area contributed by atoms with Gasteiger partial charge in [0, 0.05) is 57.8 Å². The zero-order valence-corrected chi connectivity index (χ0v) is 26.8. The smallest absolute Gasteiger partial charge is 0.253 e. The number of para-hydroxylation sites is 1. The lowest BCUT2D eigenvalue weighted by molar-refractivity contribution is -0.118. The fraction of sp³-hybridized carbons (Fsp3) is 0.455. The van der Waals surface area contributed by atoms with Crippen molar-refractivity contribution < 1.29 is 14.3 Å². The first-order chi connectivity index (χ1) is 21.4. The molecule has 0 unspecified atom stereocenters. The average Bonchev–Trinajstić information content (AvgIpc) is 3.06. The molecule has 4 rings (SSSR count). The number of anilines is 5. The maximum Gasteiger partial charge on any atom is 0.253 e. The Hall–Kier alpha value is -3.89. The number of hydrogen-bond donors (Lipinski definition) is 3. The van der Waals surface area contributed by atoms with Gasteiger partial charge in [0.1, 0.15) is 16.6 Å². The maximum absolute atomic E-state index is 12.3. The molecule has 3 N–H and O–H groups in total. The zero-order chi connectivity index (χ0) is 31.3. The van der Waals surface area contributed by atoms with Crippen molar-refractivity contribution in [3.05, 3.63) is 59.2 Å². The number of amides is 1. The first kappa shape index (κ1) is 33.0. The highest BCUT2D eigenvalue weighted by molar-refractivity contribution is 6.33. The van der Waals surface area contributed by atoms with Gasteiger partial charge in [0.25, 0.3) is 5.91 Å². The number of ketones is 1. The van der Waals surface area contributed by atoms with E-state index in [0.29, 0.717) is 46.0 Å². The Morgan fingerprint density at radius 3 is 2.45 bits per heavy atom. The lowest BCUT2D eigenvalue weighted by Gasteiger charge is -2.36. The van der Waals surface area contributed by atoms with Crippen LogP contribution in [0.15, 0.2) is 48.7 Å². The topological polar surface area (TPSA) is 112 Å². The summed E-state index contributed by atoms with van der Waals surface area (Å²) in [5.41, 5.74) is 2.90. The van der Waals surface area contributed by atoms with Crippen molar-refractivity contribution in [2.24, 2.45) is 0 Å². The number of hydrogen-bond acceptors (Lipinski definition) is 9. The van der Waals surface area contributed by atoms with Crippen LogP contribution >= 0.6 is 11.6 Å². The average molecular weight is 622 g/mol. The highest BCUT2D eigenvalue weighted by atomic mass is 35.5. The summed E-state index contributed by atoms with van der Waals surface area (Å²) in [7, 11) is 3.23. The number of nitrogens with zero attached hydrogens (tertiary/aromatic N) is 4. The number of nitrogens with one attached hydrogen (secondary N) is 3. The molecule has 1 amide bonds. The molecule has 1 aliphatic rings. The number of methoxy groups -OCH3 is 1. The van der Waals surface area contributed by atoms with Crippen LogP contribution in [-0.4, -0.2) is 73.4 Å². The molecule has 0 saturated carbocycles. The SMILES string of the molecule is CCC(=O)CCCCCCCN1CCN(c2ccc(Nc3ncc(Cl)c(Nc4ccccc4C(=O)NC)n3)c(OC)c2)CC1. The van der Waals surface area contributed by atoms with Gasteiger partial charge < -0.3 is 25.6 Å². The van der Waals surface area contributed by atoms with E-state index in [1.807, 2.05) is 25.1 Å². The van der Waals surface area contributed by atoms with Gasteiger partial charge in [0.15, 0.2) is 5.82 Å². The minimum absolute atomic E-state index is 0.216. The zero-order valence-electron chi connectivity index (χ0n) is 26.0. The number of Topliss-reactive ketones (excluding diaryl/α,β-unsaturated/α-hetero) is 1. The minimum atomic E-state index is -0.216. The van der Waals surface area contributed by atoms with Crippen LogP contribution in [0, 0.1) is 0 Å². The number of carbonyl (C=O) groups is 2. The predicted octanol–water partition coefficient (Wildman–Crippen LogP) is 6.43. The number of rotatable bonds is 16. The van der Waals surface area contributed by atoms with Crippen LogP contribution in [0.4, 0.5) is 28.8 Å². The number of ether oxygens (including phenoxy) is 1. The third kappa shape index (κ3) is 9.30. The van der Waals surface area contributed by atoms with E-state index in [-0.39, 0.29) is 5.91 Å². The molecule has 0 aliphatic carbocycles. The van der Waals surface area contributed by atoms with Crippen molar-refractivity contribution in [3.8, 4) is 5.75 Å². The Labute approximate surface area is 265 Å². The van der Waals surface area contributed by atoms with E-state index in [9.17, 15) is 9.59 Å². The molecule has 1 aliphatic heterocycles. The van der Waals surface area contributed by atoms with E-state index < -0.39 is 0 Å². The lowest BCUT2D eigenvalue weighted by atomic mass is 10.1. The van der Waals surface area contributed by atoms with Crippen LogP contribution in [0.25, 0.3) is 0 Å². The maximum atomic E-state index is 12.3. The van der Waals surface area contributed by atoms with Gasteiger partial charge in [-0.1, -0.05) is 49.9 Å². The number of carbonyl (C=O) groups excluding carboxylic acids is 2. The quantitative estimate of drug-likeness (QED) is 0.156. The van der Waals surface area contributed by atoms with Gasteiger partial charge in [-0.15, -0.1) is 0 Å². The molecule has 1 aromatic heterocycles. The third-order valence-corrected chi connectivity index (χ3v) is 8.17. The number of halogens is 1. The number of unbranched alkanes of at least 4 members (excludes halogenated alkanes) is 4. The Morgan fingerprint density at radius 1 is 0.955 bits per heavy atom. The summed E-state index contributed by atoms with van der Waals surface area (Å²) < 4.78 is 5.73. The van der Waals surface area contributed by atoms with Crippen molar-refractivity contribution in [2.45, 2.75) is 51.9 Å². The van der Waals surface area contributed by atoms with Gasteiger partial charge in [-0.2, -0.15) is 4.98 Å². The molecule has 1 fully saturated rings. The second-order valence-corrected chi connectivity index (χ2v) is 11.3. The van der Waals surface area contributed by atoms with Crippen LogP contribution in [0.5, 0.6) is 5.75 Å². The molecule has 10 nitrogen and oxygen atoms in total. The highest BCUT2D eigenvalue weighted by Gasteiger charge is 2.19. The van der Waals surface area contributed by atoms with Crippen LogP contribution < -0.4 is 25.6 Å². The lowest BCUT2D eigenvalue weighted by Crippen LogP contribution is -2.46. The fourth-order valence-electron chi connectivity index (χ4n) is 5.26. The monoisotopic (exact) mass is 621 g/mol. The van der Waals surface area contributed by atoms with Crippen molar-refractivity contribution in [2.75, 3.05) is 62.4 Å². The Balaban J connectivity index is 1.30. The minimum Gasteiger partial charge on any atom is -0.494 e. The largest absolute Gasteiger partial charge is 0.494 e. The first-order valence-electron chi connectivity index (χ1n) is 15.5. The molecule has 0 radical (unpaired) electrons. The van der Waals surface area contributed by atoms with Crippen LogP contribution in [0.2, 0.25) is 5.02 Å². The second kappa shape index (κ2) is 16.8. The molecule has 0 bridgehead atoms. The van der Waals surface area contributed by atoms with Crippen LogP contribution in [0.3, 0.4) is 0 Å². The van der Waals surface area contributed by atoms with E-state index in [1.165, 1.54) is 25.5 Å². The van der Waals surface area contributed by atoms with E-state index in [0.717, 1.165) is 63.4 Å². The van der Waals surface area contributed by atoms with E-state index >= 15 is 0 Å². The van der Waals surface area contributed by atoms with Crippen molar-refractivity contribution in [1.82, 2.24) is 20.2 Å². The second-order valence-electron chi connectivity index (χ2n) is 10.9. The fourth-order valence-corrected chi connectivity index (χ4v) is 5.40. The molecule has 0 spiro atoms. The summed E-state index contributed by atoms with van der Waals surface area (Å²) in [5, 5.41) is 9.37.